The number of hydrogen-bond acceptors (Lipinski definition) is 5. The van der Waals surface area contributed by atoms with E-state index in [1.807, 2.05) is 9.80 Å². The molecule has 1 saturated carbocycles. The SMILES string of the molecule is CC(=O)N(CCc1noc(C)n1)C1CCCN(C(=O)CCC2CCCC2)C1. The Kier molecular flexibility index (Phi) is 6.85. The normalized spacial score (nSPS) is 20.8. The molecule has 1 atom stereocenters. The van der Waals surface area contributed by atoms with Crippen molar-refractivity contribution in [2.45, 2.75) is 77.7 Å². The highest BCUT2D eigenvalue weighted by molar-refractivity contribution is 5.77. The molecule has 7 nitrogen and oxygen atoms in total. The molecular formula is C20H32N4O3. The highest BCUT2D eigenvalue weighted by Crippen LogP contribution is 2.29. The van der Waals surface area contributed by atoms with Gasteiger partial charge in [0.25, 0.3) is 0 Å². The maximum Gasteiger partial charge on any atom is 0.223 e. The van der Waals surface area contributed by atoms with Crippen LogP contribution in [0.25, 0.3) is 0 Å². The molecule has 0 spiro atoms. The number of rotatable bonds is 7. The van der Waals surface area contributed by atoms with Crippen LogP contribution in [-0.2, 0) is 16.0 Å². The molecule has 27 heavy (non-hydrogen) atoms. The van der Waals surface area contributed by atoms with E-state index in [2.05, 4.69) is 10.1 Å². The summed E-state index contributed by atoms with van der Waals surface area (Å²) in [7, 11) is 0. The highest BCUT2D eigenvalue weighted by Gasteiger charge is 2.29. The molecule has 150 valence electrons. The first-order valence-corrected chi connectivity index (χ1v) is 10.4. The molecule has 1 saturated heterocycles. The van der Waals surface area contributed by atoms with Gasteiger partial charge in [-0.05, 0) is 25.2 Å². The molecule has 2 aliphatic rings. The van der Waals surface area contributed by atoms with Crippen molar-refractivity contribution in [3.63, 3.8) is 0 Å². The first kappa shape index (κ1) is 19.8. The van der Waals surface area contributed by atoms with E-state index in [0.717, 1.165) is 31.7 Å². The van der Waals surface area contributed by atoms with Crippen LogP contribution in [0.3, 0.4) is 0 Å². The van der Waals surface area contributed by atoms with E-state index in [-0.39, 0.29) is 17.9 Å². The maximum absolute atomic E-state index is 12.7. The fraction of sp³-hybridized carbons (Fsp3) is 0.800. The minimum absolute atomic E-state index is 0.0421. The second-order valence-electron chi connectivity index (χ2n) is 8.02. The molecular weight excluding hydrogens is 344 g/mol. The van der Waals surface area contributed by atoms with Crippen LogP contribution in [0.1, 0.15) is 70.0 Å². The standard InChI is InChI=1S/C20H32N4O3/c1-15-21-19(22-27-15)11-13-24(16(2)25)18-8-5-12-23(14-18)20(26)10-9-17-6-3-4-7-17/h17-18H,3-14H2,1-2H3. The minimum atomic E-state index is 0.0421. The quantitative estimate of drug-likeness (QED) is 0.731. The lowest BCUT2D eigenvalue weighted by Gasteiger charge is -2.39. The predicted molar refractivity (Wildman–Crippen MR) is 101 cm³/mol. The molecule has 1 aromatic rings. The van der Waals surface area contributed by atoms with Crippen molar-refractivity contribution < 1.29 is 14.1 Å². The molecule has 2 fully saturated rings. The number of aryl methyl sites for hydroxylation is 1. The minimum Gasteiger partial charge on any atom is -0.341 e. The second-order valence-corrected chi connectivity index (χ2v) is 8.02. The molecule has 2 heterocycles. The number of piperidine rings is 1. The number of aromatic nitrogens is 2. The average Bonchev–Trinajstić information content (AvgIpc) is 3.31. The van der Waals surface area contributed by atoms with Crippen LogP contribution in [-0.4, -0.2) is 57.4 Å². The molecule has 3 rings (SSSR count). The van der Waals surface area contributed by atoms with E-state index in [9.17, 15) is 9.59 Å². The van der Waals surface area contributed by atoms with Crippen LogP contribution in [0.5, 0.6) is 0 Å². The molecule has 2 amide bonds. The van der Waals surface area contributed by atoms with Crippen LogP contribution >= 0.6 is 0 Å². The molecule has 1 aliphatic carbocycles. The second kappa shape index (κ2) is 9.33. The van der Waals surface area contributed by atoms with Gasteiger partial charge in [-0.25, -0.2) is 0 Å². The molecule has 0 aromatic carbocycles. The van der Waals surface area contributed by atoms with Gasteiger partial charge >= 0.3 is 0 Å². The summed E-state index contributed by atoms with van der Waals surface area (Å²) in [5.74, 6) is 2.20. The lowest BCUT2D eigenvalue weighted by atomic mass is 9.99. The van der Waals surface area contributed by atoms with Gasteiger partial charge in [0.2, 0.25) is 17.7 Å². The topological polar surface area (TPSA) is 79.5 Å². The molecule has 1 aliphatic heterocycles. The van der Waals surface area contributed by atoms with Gasteiger partial charge in [0.1, 0.15) is 0 Å². The molecule has 0 radical (unpaired) electrons. The predicted octanol–water partition coefficient (Wildman–Crippen LogP) is 2.73. The fourth-order valence-corrected chi connectivity index (χ4v) is 4.48. The lowest BCUT2D eigenvalue weighted by molar-refractivity contribution is -0.138. The Balaban J connectivity index is 1.51. The third-order valence-electron chi connectivity index (χ3n) is 5.98. The molecule has 0 bridgehead atoms. The van der Waals surface area contributed by atoms with Gasteiger partial charge in [-0.2, -0.15) is 4.98 Å². The number of carbonyl (C=O) groups is 2. The zero-order valence-electron chi connectivity index (χ0n) is 16.7. The molecule has 0 N–H and O–H groups in total. The monoisotopic (exact) mass is 376 g/mol. The van der Waals surface area contributed by atoms with E-state index in [0.29, 0.717) is 37.6 Å². The zero-order valence-corrected chi connectivity index (χ0v) is 16.7. The van der Waals surface area contributed by atoms with Gasteiger partial charge < -0.3 is 14.3 Å². The van der Waals surface area contributed by atoms with E-state index < -0.39 is 0 Å². The average molecular weight is 377 g/mol. The highest BCUT2D eigenvalue weighted by atomic mass is 16.5. The largest absolute Gasteiger partial charge is 0.341 e. The first-order valence-electron chi connectivity index (χ1n) is 10.4. The van der Waals surface area contributed by atoms with Crippen molar-refractivity contribution in [2.24, 2.45) is 5.92 Å². The van der Waals surface area contributed by atoms with Gasteiger partial charge in [-0.1, -0.05) is 30.8 Å². The number of hydrogen-bond donors (Lipinski definition) is 0. The van der Waals surface area contributed by atoms with Crippen molar-refractivity contribution in [2.75, 3.05) is 19.6 Å². The summed E-state index contributed by atoms with van der Waals surface area (Å²) in [6.45, 7) is 5.38. The number of likely N-dealkylation sites (tertiary alicyclic amines) is 1. The summed E-state index contributed by atoms with van der Waals surface area (Å²) in [5.41, 5.74) is 0. The van der Waals surface area contributed by atoms with Crippen LogP contribution in [0.4, 0.5) is 0 Å². The van der Waals surface area contributed by atoms with E-state index in [1.54, 1.807) is 13.8 Å². The van der Waals surface area contributed by atoms with Crippen molar-refractivity contribution >= 4 is 11.8 Å². The Morgan fingerprint density at radius 1 is 1.22 bits per heavy atom. The van der Waals surface area contributed by atoms with Gasteiger partial charge in [0.15, 0.2) is 5.82 Å². The summed E-state index contributed by atoms with van der Waals surface area (Å²) >= 11 is 0. The summed E-state index contributed by atoms with van der Waals surface area (Å²) in [6.07, 6.45) is 9.34. The number of nitrogens with zero attached hydrogens (tertiary/aromatic N) is 4. The van der Waals surface area contributed by atoms with Crippen LogP contribution < -0.4 is 0 Å². The van der Waals surface area contributed by atoms with E-state index >= 15 is 0 Å². The Labute approximate surface area is 161 Å². The van der Waals surface area contributed by atoms with E-state index in [1.165, 1.54) is 25.7 Å². The Bertz CT molecular complexity index is 639. The van der Waals surface area contributed by atoms with Crippen molar-refractivity contribution in [1.82, 2.24) is 19.9 Å². The zero-order chi connectivity index (χ0) is 19.2. The van der Waals surface area contributed by atoms with Gasteiger partial charge in [0, 0.05) is 52.4 Å². The fourth-order valence-electron chi connectivity index (χ4n) is 4.48. The van der Waals surface area contributed by atoms with Crippen LogP contribution in [0.2, 0.25) is 0 Å². The third kappa shape index (κ3) is 5.53. The smallest absolute Gasteiger partial charge is 0.223 e. The summed E-state index contributed by atoms with van der Waals surface area (Å²) in [5, 5.41) is 3.91. The van der Waals surface area contributed by atoms with Crippen LogP contribution in [0.15, 0.2) is 4.52 Å². The van der Waals surface area contributed by atoms with Crippen molar-refractivity contribution in [3.8, 4) is 0 Å². The molecule has 1 unspecified atom stereocenters. The van der Waals surface area contributed by atoms with Gasteiger partial charge in [-0.15, -0.1) is 0 Å². The van der Waals surface area contributed by atoms with Crippen LogP contribution in [0, 0.1) is 12.8 Å². The third-order valence-corrected chi connectivity index (χ3v) is 5.98. The summed E-state index contributed by atoms with van der Waals surface area (Å²) in [4.78, 5) is 32.9. The lowest BCUT2D eigenvalue weighted by Crippen LogP contribution is -2.51. The number of amides is 2. The maximum atomic E-state index is 12.7. The molecule has 1 aromatic heterocycles. The van der Waals surface area contributed by atoms with Crippen molar-refractivity contribution in [3.05, 3.63) is 11.7 Å². The van der Waals surface area contributed by atoms with Crippen molar-refractivity contribution in [1.29, 1.82) is 0 Å². The Morgan fingerprint density at radius 3 is 2.67 bits per heavy atom. The van der Waals surface area contributed by atoms with Gasteiger partial charge in [0.05, 0.1) is 0 Å². The van der Waals surface area contributed by atoms with Gasteiger partial charge in [-0.3, -0.25) is 9.59 Å². The summed E-state index contributed by atoms with van der Waals surface area (Å²) in [6, 6.07) is 0.0830. The Hall–Kier alpha value is -1.92. The molecule has 7 heteroatoms. The van der Waals surface area contributed by atoms with E-state index in [4.69, 9.17) is 4.52 Å². The Morgan fingerprint density at radius 2 is 2.00 bits per heavy atom. The summed E-state index contributed by atoms with van der Waals surface area (Å²) < 4.78 is 5.00. The number of carbonyl (C=O) groups excluding carboxylic acids is 2. The first-order chi connectivity index (χ1) is 13.0.